The summed E-state index contributed by atoms with van der Waals surface area (Å²) in [6.07, 6.45) is 6.48. The topological polar surface area (TPSA) is 125 Å². The zero-order chi connectivity index (χ0) is 24.8. The van der Waals surface area contributed by atoms with Gasteiger partial charge in [-0.15, -0.1) is 0 Å². The molecule has 0 saturated carbocycles. The average molecular weight is 518 g/mol. The van der Waals surface area contributed by atoms with Crippen LogP contribution in [0.2, 0.25) is 10.0 Å². The molecule has 1 amide bonds. The van der Waals surface area contributed by atoms with E-state index in [9.17, 15) is 9.90 Å². The Hall–Kier alpha value is -3.21. The number of carbonyl (C=O) groups is 1. The fourth-order valence-electron chi connectivity index (χ4n) is 3.87. The van der Waals surface area contributed by atoms with E-state index in [1.807, 2.05) is 4.90 Å². The molecule has 0 aliphatic carbocycles. The summed E-state index contributed by atoms with van der Waals surface area (Å²) < 4.78 is 5.21. The molecule has 0 spiro atoms. The van der Waals surface area contributed by atoms with Crippen molar-refractivity contribution < 1.29 is 14.6 Å². The number of rotatable bonds is 9. The maximum atomic E-state index is 13.0. The Morgan fingerprint density at radius 2 is 1.94 bits per heavy atom. The summed E-state index contributed by atoms with van der Waals surface area (Å²) >= 11 is 12.5. The van der Waals surface area contributed by atoms with E-state index in [-0.39, 0.29) is 30.7 Å². The highest BCUT2D eigenvalue weighted by molar-refractivity contribution is 6.37. The van der Waals surface area contributed by atoms with Crippen LogP contribution in [-0.4, -0.2) is 57.3 Å². The molecule has 1 aliphatic rings. The van der Waals surface area contributed by atoms with Crippen molar-refractivity contribution in [2.75, 3.05) is 30.5 Å². The quantitative estimate of drug-likeness (QED) is 0.392. The first-order valence-corrected chi connectivity index (χ1v) is 11.8. The number of halogens is 2. The summed E-state index contributed by atoms with van der Waals surface area (Å²) in [6.45, 7) is 1.19. The summed E-state index contributed by atoms with van der Waals surface area (Å²) in [5, 5.41) is 16.5. The van der Waals surface area contributed by atoms with Gasteiger partial charge in [0.15, 0.2) is 5.75 Å². The molecule has 1 fully saturated rings. The van der Waals surface area contributed by atoms with Crippen molar-refractivity contribution in [1.82, 2.24) is 25.3 Å². The minimum atomic E-state index is -0.377. The highest BCUT2D eigenvalue weighted by Gasteiger charge is 2.27. The second kappa shape index (κ2) is 11.5. The van der Waals surface area contributed by atoms with Crippen LogP contribution in [0.5, 0.6) is 5.75 Å². The van der Waals surface area contributed by atoms with Gasteiger partial charge in [-0.1, -0.05) is 23.2 Å². The summed E-state index contributed by atoms with van der Waals surface area (Å²) in [7, 11) is 1.50. The standard InChI is InChI=1S/C23H25Cl2N7O3/c1-35-20-17(24)8-14(9-18(20)25)10-28-21-16(22(34)29-12-19-26-5-3-6-27-19)11-30-23(31-21)32-7-2-4-15(32)13-33/h3,5-6,8-9,11,15,33H,2,4,7,10,12-13H2,1H3,(H,29,34)(H,28,30,31). The largest absolute Gasteiger partial charge is 0.494 e. The van der Waals surface area contributed by atoms with Crippen LogP contribution in [0.15, 0.2) is 36.8 Å². The highest BCUT2D eigenvalue weighted by Crippen LogP contribution is 2.34. The van der Waals surface area contributed by atoms with Crippen LogP contribution in [0.4, 0.5) is 11.8 Å². The number of hydrogen-bond donors (Lipinski definition) is 3. The van der Waals surface area contributed by atoms with Crippen molar-refractivity contribution in [3.8, 4) is 5.75 Å². The van der Waals surface area contributed by atoms with Gasteiger partial charge in [-0.25, -0.2) is 15.0 Å². The maximum absolute atomic E-state index is 13.0. The summed E-state index contributed by atoms with van der Waals surface area (Å²) in [5.41, 5.74) is 1.04. The minimum absolute atomic E-state index is 0.00822. The number of benzene rings is 1. The lowest BCUT2D eigenvalue weighted by atomic mass is 10.2. The number of anilines is 2. The lowest BCUT2D eigenvalue weighted by molar-refractivity contribution is 0.0950. The number of aliphatic hydroxyl groups is 1. The number of hydrogen-bond acceptors (Lipinski definition) is 9. The monoisotopic (exact) mass is 517 g/mol. The molecule has 1 atom stereocenters. The number of aromatic nitrogens is 4. The second-order valence-corrected chi connectivity index (χ2v) is 8.71. The number of carbonyl (C=O) groups excluding carboxylic acids is 1. The zero-order valence-electron chi connectivity index (χ0n) is 19.0. The third kappa shape index (κ3) is 5.90. The predicted molar refractivity (Wildman–Crippen MR) is 133 cm³/mol. The van der Waals surface area contributed by atoms with Crippen LogP contribution in [0.1, 0.15) is 34.6 Å². The predicted octanol–water partition coefficient (Wildman–Crippen LogP) is 3.09. The maximum Gasteiger partial charge on any atom is 0.256 e. The molecular formula is C23H25Cl2N7O3. The molecule has 184 valence electrons. The van der Waals surface area contributed by atoms with E-state index in [2.05, 4.69) is 30.6 Å². The number of nitrogens with zero attached hydrogens (tertiary/aromatic N) is 5. The van der Waals surface area contributed by atoms with Gasteiger partial charge in [0, 0.05) is 31.7 Å². The first-order chi connectivity index (χ1) is 17.0. The second-order valence-electron chi connectivity index (χ2n) is 7.90. The van der Waals surface area contributed by atoms with Crippen molar-refractivity contribution in [3.05, 3.63) is 63.8 Å². The van der Waals surface area contributed by atoms with Crippen molar-refractivity contribution >= 4 is 40.9 Å². The minimum Gasteiger partial charge on any atom is -0.494 e. The van der Waals surface area contributed by atoms with Gasteiger partial charge in [0.2, 0.25) is 5.95 Å². The van der Waals surface area contributed by atoms with Crippen LogP contribution in [0.25, 0.3) is 0 Å². The Balaban J connectivity index is 1.58. The first kappa shape index (κ1) is 24.9. The third-order valence-electron chi connectivity index (χ3n) is 5.61. The molecule has 1 aromatic carbocycles. The van der Waals surface area contributed by atoms with Gasteiger partial charge in [-0.05, 0) is 36.6 Å². The average Bonchev–Trinajstić information content (AvgIpc) is 3.35. The third-order valence-corrected chi connectivity index (χ3v) is 6.18. The molecule has 1 aliphatic heterocycles. The van der Waals surface area contributed by atoms with Gasteiger partial charge in [0.1, 0.15) is 17.2 Å². The molecular weight excluding hydrogens is 493 g/mol. The Bertz CT molecular complexity index is 1160. The van der Waals surface area contributed by atoms with Gasteiger partial charge < -0.3 is 25.4 Å². The molecule has 1 unspecified atom stereocenters. The van der Waals surface area contributed by atoms with Crippen LogP contribution in [0.3, 0.4) is 0 Å². The molecule has 4 rings (SSSR count). The van der Waals surface area contributed by atoms with E-state index < -0.39 is 0 Å². The SMILES string of the molecule is COc1c(Cl)cc(CNc2nc(N3CCCC3CO)ncc2C(=O)NCc2ncccn2)cc1Cl. The molecule has 1 saturated heterocycles. The van der Waals surface area contributed by atoms with E-state index in [4.69, 9.17) is 27.9 Å². The van der Waals surface area contributed by atoms with E-state index in [1.54, 1.807) is 30.6 Å². The Kier molecular flexibility index (Phi) is 8.17. The molecule has 0 radical (unpaired) electrons. The molecule has 2 aromatic heterocycles. The van der Waals surface area contributed by atoms with E-state index in [0.29, 0.717) is 39.9 Å². The van der Waals surface area contributed by atoms with Gasteiger partial charge in [0.25, 0.3) is 5.91 Å². The van der Waals surface area contributed by atoms with Crippen molar-refractivity contribution in [1.29, 1.82) is 0 Å². The fraction of sp³-hybridized carbons (Fsp3) is 0.348. The van der Waals surface area contributed by atoms with E-state index in [0.717, 1.165) is 24.9 Å². The smallest absolute Gasteiger partial charge is 0.256 e. The van der Waals surface area contributed by atoms with Crippen LogP contribution >= 0.6 is 23.2 Å². The molecule has 3 aromatic rings. The molecule has 0 bridgehead atoms. The van der Waals surface area contributed by atoms with Gasteiger partial charge in [-0.3, -0.25) is 4.79 Å². The molecule has 3 N–H and O–H groups in total. The fourth-order valence-corrected chi connectivity index (χ4v) is 4.56. The van der Waals surface area contributed by atoms with Crippen LogP contribution in [0, 0.1) is 0 Å². The number of ether oxygens (including phenoxy) is 1. The Labute approximate surface area is 212 Å². The van der Waals surface area contributed by atoms with Crippen LogP contribution in [-0.2, 0) is 13.1 Å². The van der Waals surface area contributed by atoms with E-state index in [1.165, 1.54) is 13.3 Å². The lowest BCUT2D eigenvalue weighted by Crippen LogP contribution is -2.34. The number of methoxy groups -OCH3 is 1. The molecule has 35 heavy (non-hydrogen) atoms. The summed E-state index contributed by atoms with van der Waals surface area (Å²) in [4.78, 5) is 32.2. The first-order valence-electron chi connectivity index (χ1n) is 11.0. The van der Waals surface area contributed by atoms with Gasteiger partial charge in [0.05, 0.1) is 36.3 Å². The van der Waals surface area contributed by atoms with E-state index >= 15 is 0 Å². The Morgan fingerprint density at radius 3 is 2.63 bits per heavy atom. The molecule has 10 nitrogen and oxygen atoms in total. The van der Waals surface area contributed by atoms with Crippen molar-refractivity contribution in [2.24, 2.45) is 0 Å². The molecule has 12 heteroatoms. The van der Waals surface area contributed by atoms with Crippen LogP contribution < -0.4 is 20.3 Å². The number of amides is 1. The number of aliphatic hydroxyl groups excluding tert-OH is 1. The van der Waals surface area contributed by atoms with Gasteiger partial charge >= 0.3 is 0 Å². The molecule has 3 heterocycles. The summed E-state index contributed by atoms with van der Waals surface area (Å²) in [5.74, 6) is 1.29. The van der Waals surface area contributed by atoms with Crippen molar-refractivity contribution in [3.63, 3.8) is 0 Å². The normalized spacial score (nSPS) is 15.2. The number of nitrogens with one attached hydrogen (secondary N) is 2. The van der Waals surface area contributed by atoms with Gasteiger partial charge in [-0.2, -0.15) is 4.98 Å². The summed E-state index contributed by atoms with van der Waals surface area (Å²) in [6, 6.07) is 5.11. The Morgan fingerprint density at radius 1 is 1.20 bits per heavy atom. The lowest BCUT2D eigenvalue weighted by Gasteiger charge is -2.24. The zero-order valence-corrected chi connectivity index (χ0v) is 20.6. The highest BCUT2D eigenvalue weighted by atomic mass is 35.5. The van der Waals surface area contributed by atoms with Crippen molar-refractivity contribution in [2.45, 2.75) is 32.0 Å².